The van der Waals surface area contributed by atoms with E-state index in [0.717, 1.165) is 5.56 Å². The number of sulfonamides is 1. The van der Waals surface area contributed by atoms with Gasteiger partial charge in [-0.15, -0.1) is 0 Å². The molecular weight excluding hydrogens is 310 g/mol. The summed E-state index contributed by atoms with van der Waals surface area (Å²) >= 11 is 5.99. The number of benzene rings is 2. The average molecular weight is 326 g/mol. The molecule has 0 saturated heterocycles. The van der Waals surface area contributed by atoms with Crippen LogP contribution in [-0.4, -0.2) is 15.5 Å². The number of ether oxygens (including phenoxy) is 1. The van der Waals surface area contributed by atoms with Gasteiger partial charge in [-0.1, -0.05) is 23.7 Å². The fraction of sp³-hybridized carbons (Fsp3) is 0.200. The van der Waals surface area contributed by atoms with Crippen LogP contribution in [0.3, 0.4) is 0 Å². The summed E-state index contributed by atoms with van der Waals surface area (Å²) in [6.45, 7) is 3.57. The number of para-hydroxylation sites is 1. The van der Waals surface area contributed by atoms with E-state index in [1.807, 2.05) is 6.92 Å². The molecule has 6 heteroatoms. The van der Waals surface area contributed by atoms with Crippen LogP contribution in [0.25, 0.3) is 0 Å². The molecule has 0 aliphatic carbocycles. The van der Waals surface area contributed by atoms with Crippen LogP contribution >= 0.6 is 11.6 Å². The lowest BCUT2D eigenvalue weighted by molar-refractivity contribution is 0.411. The molecule has 0 spiro atoms. The molecule has 2 aromatic rings. The van der Waals surface area contributed by atoms with Gasteiger partial charge in [-0.25, -0.2) is 8.42 Å². The van der Waals surface area contributed by atoms with Crippen LogP contribution in [0.15, 0.2) is 41.3 Å². The minimum atomic E-state index is -3.70. The molecule has 0 bridgehead atoms. The average Bonchev–Trinajstić information content (AvgIpc) is 2.44. The Morgan fingerprint density at radius 1 is 1.05 bits per heavy atom. The van der Waals surface area contributed by atoms with E-state index < -0.39 is 10.0 Å². The standard InChI is InChI=1S/C15H16ClNO3S/c1-10-11(2)15(9-8-14(10)20-3)21(18,19)17-13-7-5-4-6-12(13)16/h4-9,17H,1-3H3. The Morgan fingerprint density at radius 3 is 2.33 bits per heavy atom. The summed E-state index contributed by atoms with van der Waals surface area (Å²) in [4.78, 5) is 0.209. The topological polar surface area (TPSA) is 55.4 Å². The summed E-state index contributed by atoms with van der Waals surface area (Å²) in [5, 5.41) is 0.351. The third kappa shape index (κ3) is 3.14. The summed E-state index contributed by atoms with van der Waals surface area (Å²) in [6.07, 6.45) is 0. The van der Waals surface area contributed by atoms with Gasteiger partial charge in [0.15, 0.2) is 0 Å². The van der Waals surface area contributed by atoms with Gasteiger partial charge in [0.25, 0.3) is 10.0 Å². The Bertz CT molecular complexity index is 772. The first-order valence-electron chi connectivity index (χ1n) is 6.28. The molecule has 0 saturated carbocycles. The van der Waals surface area contributed by atoms with Gasteiger partial charge < -0.3 is 4.74 Å². The van der Waals surface area contributed by atoms with Crippen molar-refractivity contribution in [3.05, 3.63) is 52.5 Å². The number of nitrogens with one attached hydrogen (secondary N) is 1. The molecule has 0 atom stereocenters. The Labute approximate surface area is 129 Å². The molecule has 0 radical (unpaired) electrons. The van der Waals surface area contributed by atoms with Crippen LogP contribution in [0.4, 0.5) is 5.69 Å². The zero-order valence-corrected chi connectivity index (χ0v) is 13.5. The molecule has 2 rings (SSSR count). The predicted octanol–water partition coefficient (Wildman–Crippen LogP) is 3.77. The van der Waals surface area contributed by atoms with Crippen molar-refractivity contribution < 1.29 is 13.2 Å². The van der Waals surface area contributed by atoms with Gasteiger partial charge in [0.2, 0.25) is 0 Å². The lowest BCUT2D eigenvalue weighted by Crippen LogP contribution is -2.15. The third-order valence-electron chi connectivity index (χ3n) is 3.32. The normalized spacial score (nSPS) is 11.2. The van der Waals surface area contributed by atoms with E-state index in [1.54, 1.807) is 44.4 Å². The van der Waals surface area contributed by atoms with Crippen LogP contribution in [0.1, 0.15) is 11.1 Å². The van der Waals surface area contributed by atoms with Crippen LogP contribution < -0.4 is 9.46 Å². The SMILES string of the molecule is COc1ccc(S(=O)(=O)Nc2ccccc2Cl)c(C)c1C. The minimum Gasteiger partial charge on any atom is -0.496 e. The van der Waals surface area contributed by atoms with E-state index >= 15 is 0 Å². The molecule has 21 heavy (non-hydrogen) atoms. The maximum absolute atomic E-state index is 12.5. The van der Waals surface area contributed by atoms with Gasteiger partial charge in [-0.2, -0.15) is 0 Å². The molecule has 0 amide bonds. The van der Waals surface area contributed by atoms with Crippen molar-refractivity contribution in [2.75, 3.05) is 11.8 Å². The zero-order valence-electron chi connectivity index (χ0n) is 12.0. The maximum Gasteiger partial charge on any atom is 0.262 e. The monoisotopic (exact) mass is 325 g/mol. The smallest absolute Gasteiger partial charge is 0.262 e. The van der Waals surface area contributed by atoms with E-state index in [4.69, 9.17) is 16.3 Å². The lowest BCUT2D eigenvalue weighted by atomic mass is 10.1. The maximum atomic E-state index is 12.5. The second kappa shape index (κ2) is 5.95. The summed E-state index contributed by atoms with van der Waals surface area (Å²) < 4.78 is 32.7. The summed E-state index contributed by atoms with van der Waals surface area (Å²) in [5.74, 6) is 0.657. The van der Waals surface area contributed by atoms with E-state index in [1.165, 1.54) is 6.07 Å². The van der Waals surface area contributed by atoms with Crippen molar-refractivity contribution in [2.24, 2.45) is 0 Å². The largest absolute Gasteiger partial charge is 0.496 e. The van der Waals surface area contributed by atoms with E-state index in [0.29, 0.717) is 22.0 Å². The molecule has 4 nitrogen and oxygen atoms in total. The van der Waals surface area contributed by atoms with Gasteiger partial charge >= 0.3 is 0 Å². The fourth-order valence-corrected chi connectivity index (χ4v) is 3.65. The number of hydrogen-bond donors (Lipinski definition) is 1. The molecule has 0 unspecified atom stereocenters. The number of anilines is 1. The number of hydrogen-bond acceptors (Lipinski definition) is 3. The first-order valence-corrected chi connectivity index (χ1v) is 8.14. The van der Waals surface area contributed by atoms with Gasteiger partial charge in [0.05, 0.1) is 22.7 Å². The summed E-state index contributed by atoms with van der Waals surface area (Å²) in [5.41, 5.74) is 1.79. The molecule has 0 aliphatic rings. The first kappa shape index (κ1) is 15.7. The highest BCUT2D eigenvalue weighted by atomic mass is 35.5. The quantitative estimate of drug-likeness (QED) is 0.931. The molecule has 0 aliphatic heterocycles. The van der Waals surface area contributed by atoms with E-state index in [9.17, 15) is 8.42 Å². The molecule has 0 heterocycles. The zero-order chi connectivity index (χ0) is 15.6. The molecule has 1 N–H and O–H groups in total. The van der Waals surface area contributed by atoms with E-state index in [-0.39, 0.29) is 4.90 Å². The second-order valence-electron chi connectivity index (χ2n) is 4.60. The Hall–Kier alpha value is -1.72. The van der Waals surface area contributed by atoms with Crippen molar-refractivity contribution in [3.63, 3.8) is 0 Å². The Kier molecular flexibility index (Phi) is 4.44. The molecule has 2 aromatic carbocycles. The summed E-state index contributed by atoms with van der Waals surface area (Å²) in [7, 11) is -2.15. The Morgan fingerprint density at radius 2 is 1.71 bits per heavy atom. The lowest BCUT2D eigenvalue weighted by Gasteiger charge is -2.14. The van der Waals surface area contributed by atoms with Crippen LogP contribution in [0.5, 0.6) is 5.75 Å². The predicted molar refractivity (Wildman–Crippen MR) is 84.7 cm³/mol. The van der Waals surface area contributed by atoms with Crippen LogP contribution in [0, 0.1) is 13.8 Å². The number of methoxy groups -OCH3 is 1. The highest BCUT2D eigenvalue weighted by Crippen LogP contribution is 2.29. The van der Waals surface area contributed by atoms with Crippen molar-refractivity contribution in [2.45, 2.75) is 18.7 Å². The van der Waals surface area contributed by atoms with Crippen molar-refractivity contribution in [1.82, 2.24) is 0 Å². The summed E-state index contributed by atoms with van der Waals surface area (Å²) in [6, 6.07) is 9.87. The highest BCUT2D eigenvalue weighted by Gasteiger charge is 2.20. The van der Waals surface area contributed by atoms with E-state index in [2.05, 4.69) is 4.72 Å². The highest BCUT2D eigenvalue weighted by molar-refractivity contribution is 7.92. The van der Waals surface area contributed by atoms with Gasteiger partial charge in [0.1, 0.15) is 5.75 Å². The second-order valence-corrected chi connectivity index (χ2v) is 6.66. The molecule has 0 fully saturated rings. The van der Waals surface area contributed by atoms with Crippen molar-refractivity contribution in [1.29, 1.82) is 0 Å². The van der Waals surface area contributed by atoms with Gasteiger partial charge in [0, 0.05) is 0 Å². The van der Waals surface area contributed by atoms with Crippen molar-refractivity contribution >= 4 is 27.3 Å². The number of rotatable bonds is 4. The van der Waals surface area contributed by atoms with Crippen LogP contribution in [-0.2, 0) is 10.0 Å². The number of halogens is 1. The van der Waals surface area contributed by atoms with Crippen LogP contribution in [0.2, 0.25) is 5.02 Å². The first-order chi connectivity index (χ1) is 9.86. The third-order valence-corrected chi connectivity index (χ3v) is 5.15. The van der Waals surface area contributed by atoms with Gasteiger partial charge in [-0.05, 0) is 49.2 Å². The Balaban J connectivity index is 2.46. The van der Waals surface area contributed by atoms with Crippen molar-refractivity contribution in [3.8, 4) is 5.75 Å². The fourth-order valence-electron chi connectivity index (χ4n) is 2.03. The molecule has 0 aromatic heterocycles. The van der Waals surface area contributed by atoms with Gasteiger partial charge in [-0.3, -0.25) is 4.72 Å². The molecular formula is C15H16ClNO3S. The molecule has 112 valence electrons. The minimum absolute atomic E-state index is 0.209.